The van der Waals surface area contributed by atoms with Crippen molar-refractivity contribution < 1.29 is 13.7 Å². The summed E-state index contributed by atoms with van der Waals surface area (Å²) in [5.74, 6) is 0.851. The van der Waals surface area contributed by atoms with Crippen LogP contribution in [0.2, 0.25) is 0 Å². The summed E-state index contributed by atoms with van der Waals surface area (Å²) >= 11 is 0. The van der Waals surface area contributed by atoms with E-state index in [-0.39, 0.29) is 5.82 Å². The maximum absolute atomic E-state index is 13.8. The zero-order valence-electron chi connectivity index (χ0n) is 13.6. The van der Waals surface area contributed by atoms with Gasteiger partial charge in [0.1, 0.15) is 5.82 Å². The quantitative estimate of drug-likeness (QED) is 0.936. The number of nitrogens with zero attached hydrogens (tertiary/aromatic N) is 2. The van der Waals surface area contributed by atoms with Crippen LogP contribution in [0.4, 0.5) is 4.39 Å². The van der Waals surface area contributed by atoms with E-state index in [1.807, 2.05) is 6.07 Å². The Kier molecular flexibility index (Phi) is 3.89. The third kappa shape index (κ3) is 2.54. The second-order valence-corrected chi connectivity index (χ2v) is 6.99. The standard InChI is InChI=1S/C18H22FN3O2/c19-14-5-3-4-13(12-14)17(8-10-23-11-9-17)16-21-15(22-24-16)18(20)6-1-2-7-18/h3-5,12H,1-2,6-11,20H2. The van der Waals surface area contributed by atoms with E-state index in [9.17, 15) is 4.39 Å². The van der Waals surface area contributed by atoms with Gasteiger partial charge < -0.3 is 15.0 Å². The molecule has 0 spiro atoms. The number of hydrogen-bond donors (Lipinski definition) is 1. The predicted octanol–water partition coefficient (Wildman–Crippen LogP) is 3.03. The van der Waals surface area contributed by atoms with Gasteiger partial charge in [0, 0.05) is 13.2 Å². The molecule has 0 unspecified atom stereocenters. The summed E-state index contributed by atoms with van der Waals surface area (Å²) in [7, 11) is 0. The number of rotatable bonds is 3. The van der Waals surface area contributed by atoms with Crippen molar-refractivity contribution in [3.63, 3.8) is 0 Å². The molecule has 6 heteroatoms. The van der Waals surface area contributed by atoms with Gasteiger partial charge in [-0.3, -0.25) is 0 Å². The van der Waals surface area contributed by atoms with Crippen molar-refractivity contribution in [1.29, 1.82) is 0 Å². The van der Waals surface area contributed by atoms with Crippen molar-refractivity contribution in [2.75, 3.05) is 13.2 Å². The number of aromatic nitrogens is 2. The molecular weight excluding hydrogens is 309 g/mol. The fourth-order valence-electron chi connectivity index (χ4n) is 3.98. The number of hydrogen-bond acceptors (Lipinski definition) is 5. The molecule has 2 N–H and O–H groups in total. The highest BCUT2D eigenvalue weighted by molar-refractivity contribution is 5.33. The molecule has 2 fully saturated rings. The van der Waals surface area contributed by atoms with Crippen molar-refractivity contribution in [2.45, 2.75) is 49.5 Å². The summed E-state index contributed by atoms with van der Waals surface area (Å²) in [5, 5.41) is 4.19. The molecule has 4 rings (SSSR count). The molecule has 2 aromatic rings. The highest BCUT2D eigenvalue weighted by atomic mass is 19.1. The number of nitrogens with two attached hydrogens (primary N) is 1. The predicted molar refractivity (Wildman–Crippen MR) is 85.9 cm³/mol. The van der Waals surface area contributed by atoms with E-state index in [0.29, 0.717) is 37.8 Å². The summed E-state index contributed by atoms with van der Waals surface area (Å²) < 4.78 is 25.0. The first-order valence-corrected chi connectivity index (χ1v) is 8.60. The molecule has 2 aliphatic rings. The van der Waals surface area contributed by atoms with Gasteiger partial charge in [-0.25, -0.2) is 4.39 Å². The first kappa shape index (κ1) is 15.7. The summed E-state index contributed by atoms with van der Waals surface area (Å²) in [6.07, 6.45) is 5.31. The van der Waals surface area contributed by atoms with Gasteiger partial charge in [0.2, 0.25) is 5.89 Å². The van der Waals surface area contributed by atoms with E-state index in [1.54, 1.807) is 12.1 Å². The first-order valence-electron chi connectivity index (χ1n) is 8.60. The Morgan fingerprint density at radius 3 is 2.54 bits per heavy atom. The van der Waals surface area contributed by atoms with Crippen LogP contribution in [0.15, 0.2) is 28.8 Å². The van der Waals surface area contributed by atoms with Gasteiger partial charge in [-0.2, -0.15) is 4.98 Å². The van der Waals surface area contributed by atoms with E-state index in [0.717, 1.165) is 31.2 Å². The van der Waals surface area contributed by atoms with Gasteiger partial charge in [-0.15, -0.1) is 0 Å². The van der Waals surface area contributed by atoms with E-state index in [2.05, 4.69) is 10.1 Å². The molecule has 0 radical (unpaired) electrons. The van der Waals surface area contributed by atoms with Crippen molar-refractivity contribution in [3.8, 4) is 0 Å². The molecule has 2 heterocycles. The van der Waals surface area contributed by atoms with Crippen LogP contribution in [-0.4, -0.2) is 23.4 Å². The van der Waals surface area contributed by atoms with Crippen LogP contribution in [0.25, 0.3) is 0 Å². The van der Waals surface area contributed by atoms with Crippen LogP contribution in [0.3, 0.4) is 0 Å². The van der Waals surface area contributed by atoms with Crippen molar-refractivity contribution >= 4 is 0 Å². The number of ether oxygens (including phenoxy) is 1. The zero-order chi connectivity index (χ0) is 16.6. The summed E-state index contributed by atoms with van der Waals surface area (Å²) in [4.78, 5) is 4.69. The Balaban J connectivity index is 1.76. The topological polar surface area (TPSA) is 74.2 Å². The molecule has 1 aromatic heterocycles. The fourth-order valence-corrected chi connectivity index (χ4v) is 3.98. The van der Waals surface area contributed by atoms with Crippen molar-refractivity contribution in [3.05, 3.63) is 47.4 Å². The molecule has 1 saturated carbocycles. The Bertz CT molecular complexity index is 719. The smallest absolute Gasteiger partial charge is 0.237 e. The third-order valence-corrected chi connectivity index (χ3v) is 5.50. The molecule has 128 valence electrons. The minimum atomic E-state index is -0.499. The monoisotopic (exact) mass is 331 g/mol. The molecule has 0 bridgehead atoms. The lowest BCUT2D eigenvalue weighted by Crippen LogP contribution is -2.37. The van der Waals surface area contributed by atoms with Gasteiger partial charge in [0.25, 0.3) is 0 Å². The second-order valence-electron chi connectivity index (χ2n) is 6.99. The van der Waals surface area contributed by atoms with E-state index in [4.69, 9.17) is 15.0 Å². The Hall–Kier alpha value is -1.79. The number of benzene rings is 1. The lowest BCUT2D eigenvalue weighted by Gasteiger charge is -2.34. The van der Waals surface area contributed by atoms with Gasteiger partial charge in [0.05, 0.1) is 11.0 Å². The van der Waals surface area contributed by atoms with Crippen LogP contribution >= 0.6 is 0 Å². The van der Waals surface area contributed by atoms with Gasteiger partial charge in [0.15, 0.2) is 5.82 Å². The molecule has 24 heavy (non-hydrogen) atoms. The van der Waals surface area contributed by atoms with Crippen LogP contribution in [0, 0.1) is 5.82 Å². The largest absolute Gasteiger partial charge is 0.381 e. The highest BCUT2D eigenvalue weighted by Crippen LogP contribution is 2.42. The molecule has 1 saturated heterocycles. The average molecular weight is 331 g/mol. The maximum Gasteiger partial charge on any atom is 0.237 e. The molecule has 0 amide bonds. The fraction of sp³-hybridized carbons (Fsp3) is 0.556. The molecule has 0 atom stereocenters. The van der Waals surface area contributed by atoms with E-state index >= 15 is 0 Å². The van der Waals surface area contributed by atoms with Crippen LogP contribution in [-0.2, 0) is 15.7 Å². The summed E-state index contributed by atoms with van der Waals surface area (Å²) in [5.41, 5.74) is 6.33. The van der Waals surface area contributed by atoms with Crippen molar-refractivity contribution in [1.82, 2.24) is 10.1 Å². The minimum absolute atomic E-state index is 0.260. The SMILES string of the molecule is NC1(c2noc(C3(c4cccc(F)c4)CCOCC3)n2)CCCC1. The molecular formula is C18H22FN3O2. The Labute approximate surface area is 140 Å². The summed E-state index contributed by atoms with van der Waals surface area (Å²) in [6.45, 7) is 1.17. The maximum atomic E-state index is 13.8. The number of halogens is 1. The summed E-state index contributed by atoms with van der Waals surface area (Å²) in [6, 6.07) is 6.65. The highest BCUT2D eigenvalue weighted by Gasteiger charge is 2.44. The lowest BCUT2D eigenvalue weighted by molar-refractivity contribution is 0.0522. The molecule has 1 aromatic carbocycles. The van der Waals surface area contributed by atoms with Crippen LogP contribution < -0.4 is 5.73 Å². The Morgan fingerprint density at radius 1 is 1.08 bits per heavy atom. The molecule has 1 aliphatic heterocycles. The van der Waals surface area contributed by atoms with Gasteiger partial charge >= 0.3 is 0 Å². The molecule has 5 nitrogen and oxygen atoms in total. The van der Waals surface area contributed by atoms with Crippen LogP contribution in [0.1, 0.15) is 55.8 Å². The van der Waals surface area contributed by atoms with E-state index < -0.39 is 11.0 Å². The normalized spacial score (nSPS) is 22.6. The lowest BCUT2D eigenvalue weighted by atomic mass is 9.74. The van der Waals surface area contributed by atoms with E-state index in [1.165, 1.54) is 6.07 Å². The second kappa shape index (κ2) is 5.93. The first-order chi connectivity index (χ1) is 11.6. The average Bonchev–Trinajstić information content (AvgIpc) is 3.26. The molecule has 1 aliphatic carbocycles. The Morgan fingerprint density at radius 2 is 1.83 bits per heavy atom. The minimum Gasteiger partial charge on any atom is -0.381 e. The zero-order valence-corrected chi connectivity index (χ0v) is 13.6. The van der Waals surface area contributed by atoms with Gasteiger partial charge in [-0.05, 0) is 43.4 Å². The van der Waals surface area contributed by atoms with Gasteiger partial charge in [-0.1, -0.05) is 30.1 Å². The third-order valence-electron chi connectivity index (χ3n) is 5.50. The van der Waals surface area contributed by atoms with Crippen LogP contribution in [0.5, 0.6) is 0 Å². The van der Waals surface area contributed by atoms with Crippen molar-refractivity contribution in [2.24, 2.45) is 5.73 Å².